The maximum Gasteiger partial charge on any atom is 0.317 e. The Morgan fingerprint density at radius 3 is 2.71 bits per heavy atom. The summed E-state index contributed by atoms with van der Waals surface area (Å²) in [6, 6.07) is 11.0. The van der Waals surface area contributed by atoms with E-state index in [9.17, 15) is 9.18 Å². The molecular formula is C25H31FN6O2. The Balaban J connectivity index is 1.39. The van der Waals surface area contributed by atoms with E-state index in [1.807, 2.05) is 36.9 Å². The van der Waals surface area contributed by atoms with Crippen LogP contribution < -0.4 is 15.0 Å². The maximum absolute atomic E-state index is 13.8. The van der Waals surface area contributed by atoms with Crippen LogP contribution in [0.4, 0.5) is 14.9 Å². The van der Waals surface area contributed by atoms with Gasteiger partial charge >= 0.3 is 6.03 Å². The molecule has 9 heteroatoms. The Morgan fingerprint density at radius 1 is 1.12 bits per heavy atom. The molecule has 180 valence electrons. The van der Waals surface area contributed by atoms with Gasteiger partial charge in [-0.25, -0.2) is 18.9 Å². The van der Waals surface area contributed by atoms with Gasteiger partial charge in [0.2, 0.25) is 0 Å². The molecule has 2 aromatic carbocycles. The number of hydrogen-bond acceptors (Lipinski definition) is 5. The molecule has 0 unspecified atom stereocenters. The van der Waals surface area contributed by atoms with Gasteiger partial charge in [-0.15, -0.1) is 0 Å². The maximum atomic E-state index is 13.8. The zero-order chi connectivity index (χ0) is 24.1. The SMILES string of the molecule is CCOc1cc(N2CCCN(C(=O)NCc3ccc(C)c(F)c3)CC2)ccc1-n1cnc(C)n1. The van der Waals surface area contributed by atoms with E-state index in [2.05, 4.69) is 26.4 Å². The lowest BCUT2D eigenvalue weighted by Crippen LogP contribution is -2.41. The van der Waals surface area contributed by atoms with Gasteiger partial charge in [0.1, 0.15) is 29.4 Å². The summed E-state index contributed by atoms with van der Waals surface area (Å²) >= 11 is 0. The minimum atomic E-state index is -0.256. The summed E-state index contributed by atoms with van der Waals surface area (Å²) in [7, 11) is 0. The minimum absolute atomic E-state index is 0.130. The summed E-state index contributed by atoms with van der Waals surface area (Å²) in [5.41, 5.74) is 3.23. The molecule has 3 aromatic rings. The van der Waals surface area contributed by atoms with Crippen LogP contribution in [0.1, 0.15) is 30.3 Å². The van der Waals surface area contributed by atoms with Crippen LogP contribution in [0, 0.1) is 19.7 Å². The molecule has 0 spiro atoms. The number of benzene rings is 2. The Hall–Kier alpha value is -3.62. The molecule has 1 aromatic heterocycles. The molecule has 1 aliphatic rings. The predicted molar refractivity (Wildman–Crippen MR) is 129 cm³/mol. The zero-order valence-electron chi connectivity index (χ0n) is 19.9. The van der Waals surface area contributed by atoms with Crippen LogP contribution >= 0.6 is 0 Å². The number of carbonyl (C=O) groups is 1. The summed E-state index contributed by atoms with van der Waals surface area (Å²) in [5.74, 6) is 1.19. The number of amides is 2. The molecular weight excluding hydrogens is 435 g/mol. The fraction of sp³-hybridized carbons (Fsp3) is 0.400. The van der Waals surface area contributed by atoms with Gasteiger partial charge in [-0.1, -0.05) is 12.1 Å². The van der Waals surface area contributed by atoms with Gasteiger partial charge in [-0.3, -0.25) is 0 Å². The van der Waals surface area contributed by atoms with Crippen molar-refractivity contribution in [3.05, 3.63) is 65.5 Å². The Bertz CT molecular complexity index is 1150. The number of aryl methyl sites for hydroxylation is 2. The highest BCUT2D eigenvalue weighted by Gasteiger charge is 2.20. The van der Waals surface area contributed by atoms with E-state index in [4.69, 9.17) is 4.74 Å². The van der Waals surface area contributed by atoms with E-state index < -0.39 is 0 Å². The quantitative estimate of drug-likeness (QED) is 0.597. The lowest BCUT2D eigenvalue weighted by molar-refractivity contribution is 0.201. The number of aromatic nitrogens is 3. The van der Waals surface area contributed by atoms with E-state index >= 15 is 0 Å². The molecule has 8 nitrogen and oxygen atoms in total. The van der Waals surface area contributed by atoms with Crippen LogP contribution in [-0.4, -0.2) is 58.5 Å². The van der Waals surface area contributed by atoms with Crippen molar-refractivity contribution < 1.29 is 13.9 Å². The smallest absolute Gasteiger partial charge is 0.317 e. The predicted octanol–water partition coefficient (Wildman–Crippen LogP) is 3.84. The van der Waals surface area contributed by atoms with Crippen LogP contribution in [0.15, 0.2) is 42.7 Å². The molecule has 0 radical (unpaired) electrons. The van der Waals surface area contributed by atoms with Crippen molar-refractivity contribution in [1.82, 2.24) is 25.0 Å². The summed E-state index contributed by atoms with van der Waals surface area (Å²) in [6.07, 6.45) is 2.53. The molecule has 0 atom stereocenters. The largest absolute Gasteiger partial charge is 0.492 e. The van der Waals surface area contributed by atoms with Gasteiger partial charge in [0.05, 0.1) is 6.61 Å². The third kappa shape index (κ3) is 5.47. The normalized spacial score (nSPS) is 14.1. The monoisotopic (exact) mass is 466 g/mol. The summed E-state index contributed by atoms with van der Waals surface area (Å²) in [5, 5.41) is 7.32. The zero-order valence-corrected chi connectivity index (χ0v) is 19.9. The number of nitrogens with zero attached hydrogens (tertiary/aromatic N) is 5. The number of ether oxygens (including phenoxy) is 1. The van der Waals surface area contributed by atoms with Crippen molar-refractivity contribution in [1.29, 1.82) is 0 Å². The summed E-state index contributed by atoms with van der Waals surface area (Å²) in [6.45, 7) is 9.18. The van der Waals surface area contributed by atoms with Crippen molar-refractivity contribution in [2.45, 2.75) is 33.7 Å². The molecule has 0 aliphatic carbocycles. The first-order valence-corrected chi connectivity index (χ1v) is 11.6. The molecule has 2 heterocycles. The lowest BCUT2D eigenvalue weighted by atomic mass is 10.1. The topological polar surface area (TPSA) is 75.5 Å². The van der Waals surface area contributed by atoms with E-state index in [1.165, 1.54) is 6.07 Å². The van der Waals surface area contributed by atoms with Gasteiger partial charge in [0.25, 0.3) is 0 Å². The van der Waals surface area contributed by atoms with E-state index in [0.717, 1.165) is 35.7 Å². The molecule has 1 saturated heterocycles. The minimum Gasteiger partial charge on any atom is -0.492 e. The molecule has 34 heavy (non-hydrogen) atoms. The van der Waals surface area contributed by atoms with Crippen LogP contribution in [-0.2, 0) is 6.54 Å². The number of hydrogen-bond donors (Lipinski definition) is 1. The lowest BCUT2D eigenvalue weighted by Gasteiger charge is -2.25. The Labute approximate surface area is 199 Å². The van der Waals surface area contributed by atoms with Gasteiger partial charge in [0, 0.05) is 44.5 Å². The van der Waals surface area contributed by atoms with Crippen molar-refractivity contribution in [3.63, 3.8) is 0 Å². The van der Waals surface area contributed by atoms with Crippen molar-refractivity contribution in [3.8, 4) is 11.4 Å². The highest BCUT2D eigenvalue weighted by Crippen LogP contribution is 2.29. The highest BCUT2D eigenvalue weighted by atomic mass is 19.1. The fourth-order valence-electron chi connectivity index (χ4n) is 4.04. The number of anilines is 1. The van der Waals surface area contributed by atoms with E-state index in [-0.39, 0.29) is 11.8 Å². The van der Waals surface area contributed by atoms with E-state index in [0.29, 0.717) is 44.2 Å². The third-order valence-corrected chi connectivity index (χ3v) is 5.92. The number of rotatable bonds is 6. The molecule has 1 N–H and O–H groups in total. The Morgan fingerprint density at radius 2 is 1.97 bits per heavy atom. The molecule has 0 saturated carbocycles. The summed E-state index contributed by atoms with van der Waals surface area (Å²) < 4.78 is 21.4. The second-order valence-corrected chi connectivity index (χ2v) is 8.39. The molecule has 0 bridgehead atoms. The first-order chi connectivity index (χ1) is 16.4. The average molecular weight is 467 g/mol. The summed E-state index contributed by atoms with van der Waals surface area (Å²) in [4.78, 5) is 21.0. The number of halogens is 1. The number of carbonyl (C=O) groups excluding carboxylic acids is 1. The molecule has 4 rings (SSSR count). The van der Waals surface area contributed by atoms with Crippen LogP contribution in [0.5, 0.6) is 5.75 Å². The first-order valence-electron chi connectivity index (χ1n) is 11.6. The van der Waals surface area contributed by atoms with Crippen LogP contribution in [0.3, 0.4) is 0 Å². The third-order valence-electron chi connectivity index (χ3n) is 5.92. The second kappa shape index (κ2) is 10.5. The second-order valence-electron chi connectivity index (χ2n) is 8.39. The van der Waals surface area contributed by atoms with Crippen LogP contribution in [0.2, 0.25) is 0 Å². The van der Waals surface area contributed by atoms with E-state index in [1.54, 1.807) is 24.0 Å². The fourth-order valence-corrected chi connectivity index (χ4v) is 4.04. The van der Waals surface area contributed by atoms with Crippen molar-refractivity contribution >= 4 is 11.7 Å². The standard InChI is InChI=1S/C25H31FN6O2/c1-4-34-24-15-21(8-9-23(24)32-17-28-19(3)29-32)30-10-5-11-31(13-12-30)25(33)27-16-20-7-6-18(2)22(26)14-20/h6-9,14-15,17H,4-5,10-13,16H2,1-3H3,(H,27,33). The Kier molecular flexibility index (Phi) is 7.30. The number of urea groups is 1. The first kappa shape index (κ1) is 23.5. The molecule has 1 fully saturated rings. The van der Waals surface area contributed by atoms with Crippen molar-refractivity contribution in [2.75, 3.05) is 37.7 Å². The highest BCUT2D eigenvalue weighted by molar-refractivity contribution is 5.74. The van der Waals surface area contributed by atoms with Gasteiger partial charge in [-0.05, 0) is 56.5 Å². The van der Waals surface area contributed by atoms with Crippen molar-refractivity contribution in [2.24, 2.45) is 0 Å². The number of nitrogens with one attached hydrogen (secondary N) is 1. The molecule has 1 aliphatic heterocycles. The van der Waals surface area contributed by atoms with Crippen LogP contribution in [0.25, 0.3) is 5.69 Å². The van der Waals surface area contributed by atoms with Gasteiger partial charge in [0.15, 0.2) is 0 Å². The van der Waals surface area contributed by atoms with Gasteiger partial charge in [-0.2, -0.15) is 5.10 Å². The average Bonchev–Trinajstić information content (AvgIpc) is 3.11. The van der Waals surface area contributed by atoms with Gasteiger partial charge < -0.3 is 19.9 Å². The molecule has 2 amide bonds.